The van der Waals surface area contributed by atoms with Crippen LogP contribution in [0.1, 0.15) is 19.3 Å². The van der Waals surface area contributed by atoms with Gasteiger partial charge in [0.1, 0.15) is 6.04 Å². The van der Waals surface area contributed by atoms with E-state index in [1.54, 1.807) is 24.3 Å². The Kier molecular flexibility index (Phi) is 5.97. The molecular formula is C16H18ClN3O5. The Labute approximate surface area is 149 Å². The zero-order valence-corrected chi connectivity index (χ0v) is 14.3. The normalized spacial score (nSPS) is 16.7. The monoisotopic (exact) mass is 367 g/mol. The number of hydrogen-bond donors (Lipinski definition) is 2. The summed E-state index contributed by atoms with van der Waals surface area (Å²) in [4.78, 5) is 49.2. The molecule has 1 atom stereocenters. The summed E-state index contributed by atoms with van der Waals surface area (Å²) in [5.74, 6) is -1.71. The van der Waals surface area contributed by atoms with Crippen LogP contribution < -0.4 is 10.2 Å². The fourth-order valence-electron chi connectivity index (χ4n) is 2.41. The van der Waals surface area contributed by atoms with Gasteiger partial charge < -0.3 is 15.3 Å². The van der Waals surface area contributed by atoms with Gasteiger partial charge in [-0.3, -0.25) is 14.4 Å². The highest BCUT2D eigenvalue weighted by Gasteiger charge is 2.39. The predicted octanol–water partition coefficient (Wildman–Crippen LogP) is 1.48. The topological polar surface area (TPSA) is 107 Å². The highest BCUT2D eigenvalue weighted by atomic mass is 35.5. The standard InChI is InChI=1S/C16H18ClN3O5/c1-19(9-8-14(22)23)13(21)7-6-12-15(24)20(16(25)18-12)11-4-2-10(17)3-5-11/h2-5,12H,6-9H2,1H3,(H,18,25)(H,22,23)/t12-/m0/s1. The lowest BCUT2D eigenvalue weighted by Gasteiger charge is -2.17. The van der Waals surface area contributed by atoms with Crippen molar-refractivity contribution in [3.05, 3.63) is 29.3 Å². The van der Waals surface area contributed by atoms with Gasteiger partial charge in [-0.25, -0.2) is 9.69 Å². The zero-order chi connectivity index (χ0) is 18.6. The first-order valence-corrected chi connectivity index (χ1v) is 8.03. The van der Waals surface area contributed by atoms with Gasteiger partial charge in [-0.1, -0.05) is 11.6 Å². The number of amides is 4. The fourth-order valence-corrected chi connectivity index (χ4v) is 2.53. The number of anilines is 1. The Bertz CT molecular complexity index is 692. The molecule has 1 aromatic rings. The van der Waals surface area contributed by atoms with Crippen LogP contribution in [0.4, 0.5) is 10.5 Å². The molecule has 0 saturated carbocycles. The molecule has 2 rings (SSSR count). The number of carboxylic acid groups (broad SMARTS) is 1. The first-order valence-electron chi connectivity index (χ1n) is 7.65. The Balaban J connectivity index is 1.92. The van der Waals surface area contributed by atoms with Crippen molar-refractivity contribution in [1.82, 2.24) is 10.2 Å². The van der Waals surface area contributed by atoms with Crippen LogP contribution in [0.3, 0.4) is 0 Å². The largest absolute Gasteiger partial charge is 0.481 e. The second kappa shape index (κ2) is 7.98. The maximum absolute atomic E-state index is 12.4. The summed E-state index contributed by atoms with van der Waals surface area (Å²) in [6.07, 6.45) is 0.0256. The molecule has 1 aliphatic heterocycles. The number of hydrogen-bond acceptors (Lipinski definition) is 4. The van der Waals surface area contributed by atoms with Gasteiger partial charge in [-0.15, -0.1) is 0 Å². The molecule has 1 aliphatic rings. The number of rotatable bonds is 7. The number of imide groups is 1. The number of carbonyl (C=O) groups excluding carboxylic acids is 3. The fraction of sp³-hybridized carbons (Fsp3) is 0.375. The van der Waals surface area contributed by atoms with E-state index in [2.05, 4.69) is 5.32 Å². The lowest BCUT2D eigenvalue weighted by molar-refractivity contribution is -0.138. The number of nitrogens with zero attached hydrogens (tertiary/aromatic N) is 2. The van der Waals surface area contributed by atoms with E-state index in [1.807, 2.05) is 0 Å². The van der Waals surface area contributed by atoms with Gasteiger partial charge in [-0.05, 0) is 30.7 Å². The van der Waals surface area contributed by atoms with Crippen molar-refractivity contribution in [3.8, 4) is 0 Å². The summed E-state index contributed by atoms with van der Waals surface area (Å²) in [5, 5.41) is 11.7. The lowest BCUT2D eigenvalue weighted by Crippen LogP contribution is -2.34. The highest BCUT2D eigenvalue weighted by Crippen LogP contribution is 2.23. The summed E-state index contributed by atoms with van der Waals surface area (Å²) in [6, 6.07) is 4.93. The van der Waals surface area contributed by atoms with E-state index >= 15 is 0 Å². The van der Waals surface area contributed by atoms with Gasteiger partial charge in [0.05, 0.1) is 12.1 Å². The predicted molar refractivity (Wildman–Crippen MR) is 90.4 cm³/mol. The first-order chi connectivity index (χ1) is 11.8. The average molecular weight is 368 g/mol. The molecular weight excluding hydrogens is 350 g/mol. The molecule has 1 fully saturated rings. The molecule has 9 heteroatoms. The number of aliphatic carboxylic acids is 1. The average Bonchev–Trinajstić information content (AvgIpc) is 2.85. The SMILES string of the molecule is CN(CCC(=O)O)C(=O)CC[C@@H]1NC(=O)N(c2ccc(Cl)cc2)C1=O. The van der Waals surface area contributed by atoms with Crippen LogP contribution in [0.5, 0.6) is 0 Å². The molecule has 8 nitrogen and oxygen atoms in total. The van der Waals surface area contributed by atoms with Gasteiger partial charge in [0.15, 0.2) is 0 Å². The van der Waals surface area contributed by atoms with Crippen molar-refractivity contribution in [2.24, 2.45) is 0 Å². The third-order valence-corrected chi connectivity index (χ3v) is 4.09. The second-order valence-electron chi connectivity index (χ2n) is 5.65. The molecule has 134 valence electrons. The van der Waals surface area contributed by atoms with Crippen LogP contribution >= 0.6 is 11.6 Å². The molecule has 2 N–H and O–H groups in total. The molecule has 1 saturated heterocycles. The summed E-state index contributed by atoms with van der Waals surface area (Å²) in [5.41, 5.74) is 0.402. The van der Waals surface area contributed by atoms with Crippen molar-refractivity contribution < 1.29 is 24.3 Å². The van der Waals surface area contributed by atoms with E-state index < -0.39 is 23.9 Å². The molecule has 4 amide bonds. The number of urea groups is 1. The van der Waals surface area contributed by atoms with E-state index in [4.69, 9.17) is 16.7 Å². The van der Waals surface area contributed by atoms with Crippen molar-refractivity contribution >= 4 is 41.1 Å². The highest BCUT2D eigenvalue weighted by molar-refractivity contribution is 6.30. The summed E-state index contributed by atoms with van der Waals surface area (Å²) >= 11 is 5.80. The van der Waals surface area contributed by atoms with Crippen LogP contribution in [0.25, 0.3) is 0 Å². The maximum Gasteiger partial charge on any atom is 0.329 e. The number of nitrogens with one attached hydrogen (secondary N) is 1. The van der Waals surface area contributed by atoms with E-state index in [1.165, 1.54) is 11.9 Å². The summed E-state index contributed by atoms with van der Waals surface area (Å²) < 4.78 is 0. The van der Waals surface area contributed by atoms with Crippen LogP contribution in [-0.4, -0.2) is 53.5 Å². The Morgan fingerprint density at radius 3 is 2.48 bits per heavy atom. The van der Waals surface area contributed by atoms with Gasteiger partial charge in [0, 0.05) is 25.0 Å². The molecule has 0 spiro atoms. The van der Waals surface area contributed by atoms with Gasteiger partial charge >= 0.3 is 12.0 Å². The Morgan fingerprint density at radius 1 is 1.24 bits per heavy atom. The minimum absolute atomic E-state index is 0.0290. The van der Waals surface area contributed by atoms with E-state index in [-0.39, 0.29) is 31.7 Å². The molecule has 0 aromatic heterocycles. The van der Waals surface area contributed by atoms with Crippen LogP contribution in [0.2, 0.25) is 5.02 Å². The molecule has 1 aromatic carbocycles. The van der Waals surface area contributed by atoms with E-state index in [0.717, 1.165) is 4.90 Å². The number of benzene rings is 1. The molecule has 0 radical (unpaired) electrons. The quantitative estimate of drug-likeness (QED) is 0.710. The van der Waals surface area contributed by atoms with Gasteiger partial charge in [0.25, 0.3) is 5.91 Å². The minimum atomic E-state index is -0.989. The Morgan fingerprint density at radius 2 is 1.88 bits per heavy atom. The second-order valence-corrected chi connectivity index (χ2v) is 6.09. The maximum atomic E-state index is 12.4. The number of halogens is 1. The molecule has 1 heterocycles. The van der Waals surface area contributed by atoms with Crippen LogP contribution in [-0.2, 0) is 14.4 Å². The zero-order valence-electron chi connectivity index (χ0n) is 13.6. The third-order valence-electron chi connectivity index (χ3n) is 3.84. The molecule has 0 aliphatic carbocycles. The number of carboxylic acids is 1. The summed E-state index contributed by atoms with van der Waals surface area (Å²) in [7, 11) is 1.50. The molecule has 0 bridgehead atoms. The van der Waals surface area contributed by atoms with E-state index in [9.17, 15) is 19.2 Å². The van der Waals surface area contributed by atoms with E-state index in [0.29, 0.717) is 10.7 Å². The summed E-state index contributed by atoms with van der Waals surface area (Å²) in [6.45, 7) is 0.0933. The molecule has 25 heavy (non-hydrogen) atoms. The lowest BCUT2D eigenvalue weighted by atomic mass is 10.1. The number of carbonyl (C=O) groups is 4. The van der Waals surface area contributed by atoms with Gasteiger partial charge in [-0.2, -0.15) is 0 Å². The minimum Gasteiger partial charge on any atom is -0.481 e. The van der Waals surface area contributed by atoms with Crippen LogP contribution in [0.15, 0.2) is 24.3 Å². The van der Waals surface area contributed by atoms with Crippen molar-refractivity contribution in [3.63, 3.8) is 0 Å². The van der Waals surface area contributed by atoms with Crippen LogP contribution in [0, 0.1) is 0 Å². The smallest absolute Gasteiger partial charge is 0.329 e. The Hall–Kier alpha value is -2.61. The third kappa shape index (κ3) is 4.69. The van der Waals surface area contributed by atoms with Crippen molar-refractivity contribution in [2.45, 2.75) is 25.3 Å². The molecule has 0 unspecified atom stereocenters. The van der Waals surface area contributed by atoms with Crippen molar-refractivity contribution in [1.29, 1.82) is 0 Å². The first kappa shape index (κ1) is 18.7. The van der Waals surface area contributed by atoms with Crippen molar-refractivity contribution in [2.75, 3.05) is 18.5 Å². The van der Waals surface area contributed by atoms with Gasteiger partial charge in [0.2, 0.25) is 5.91 Å².